The highest BCUT2D eigenvalue weighted by Crippen LogP contribution is 2.03. The molecule has 0 aliphatic heterocycles. The van der Waals surface area contributed by atoms with Crippen LogP contribution in [0.4, 0.5) is 0 Å². The van der Waals surface area contributed by atoms with E-state index < -0.39 is 0 Å². The third-order valence-electron chi connectivity index (χ3n) is 3.16. The number of hydrogen-bond donors (Lipinski definition) is 1. The van der Waals surface area contributed by atoms with Crippen molar-refractivity contribution in [2.75, 3.05) is 0 Å². The summed E-state index contributed by atoms with van der Waals surface area (Å²) in [6.07, 6.45) is 1.94. The van der Waals surface area contributed by atoms with Crippen LogP contribution in [0.5, 0.6) is 0 Å². The zero-order chi connectivity index (χ0) is 14.9. The van der Waals surface area contributed by atoms with E-state index in [0.29, 0.717) is 6.42 Å². The van der Waals surface area contributed by atoms with Gasteiger partial charge in [-0.3, -0.25) is 4.79 Å². The van der Waals surface area contributed by atoms with Crippen LogP contribution in [0, 0.1) is 0 Å². The van der Waals surface area contributed by atoms with Crippen molar-refractivity contribution in [3.05, 3.63) is 71.8 Å². The maximum Gasteiger partial charge on any atom is 0.240 e. The summed E-state index contributed by atoms with van der Waals surface area (Å²) in [5.41, 5.74) is 5.88. The van der Waals surface area contributed by atoms with E-state index in [4.69, 9.17) is 0 Å². The van der Waals surface area contributed by atoms with Crippen molar-refractivity contribution in [3.8, 4) is 0 Å². The van der Waals surface area contributed by atoms with Crippen LogP contribution in [0.25, 0.3) is 0 Å². The molecular formula is C18H20N2O. The summed E-state index contributed by atoms with van der Waals surface area (Å²) in [4.78, 5) is 11.8. The number of nitrogens with zero attached hydrogens (tertiary/aromatic N) is 1. The minimum atomic E-state index is -0.0498. The molecule has 2 rings (SSSR count). The third-order valence-corrected chi connectivity index (χ3v) is 3.16. The molecule has 0 aliphatic carbocycles. The molecule has 0 saturated carbocycles. The first-order valence-corrected chi connectivity index (χ1v) is 7.14. The molecule has 0 bridgehead atoms. The number of benzene rings is 2. The van der Waals surface area contributed by atoms with Gasteiger partial charge in [0.25, 0.3) is 0 Å². The third kappa shape index (κ3) is 5.61. The smallest absolute Gasteiger partial charge is 0.240 e. The molecule has 2 aromatic carbocycles. The number of hydrazone groups is 1. The van der Waals surface area contributed by atoms with Crippen LogP contribution in [-0.2, 0) is 17.6 Å². The Morgan fingerprint density at radius 1 is 0.952 bits per heavy atom. The van der Waals surface area contributed by atoms with Crippen molar-refractivity contribution in [2.45, 2.75) is 26.2 Å². The maximum absolute atomic E-state index is 11.8. The second-order valence-corrected chi connectivity index (χ2v) is 5.03. The van der Waals surface area contributed by atoms with Crippen LogP contribution < -0.4 is 5.43 Å². The van der Waals surface area contributed by atoms with Crippen LogP contribution in [0.1, 0.15) is 24.5 Å². The van der Waals surface area contributed by atoms with Gasteiger partial charge in [-0.15, -0.1) is 0 Å². The Balaban J connectivity index is 1.76. The van der Waals surface area contributed by atoms with E-state index in [1.807, 2.05) is 55.5 Å². The molecule has 0 radical (unpaired) electrons. The highest BCUT2D eigenvalue weighted by atomic mass is 16.2. The normalized spacial score (nSPS) is 11.2. The quantitative estimate of drug-likeness (QED) is 0.640. The molecule has 0 heterocycles. The van der Waals surface area contributed by atoms with Crippen LogP contribution >= 0.6 is 0 Å². The average Bonchev–Trinajstić information content (AvgIpc) is 2.53. The van der Waals surface area contributed by atoms with E-state index in [0.717, 1.165) is 24.1 Å². The molecule has 0 aliphatic rings. The monoisotopic (exact) mass is 280 g/mol. The SMILES string of the molecule is C/C(Cc1ccccc1)=N\NC(=O)CCc1ccccc1. The molecule has 1 amide bonds. The van der Waals surface area contributed by atoms with E-state index in [1.165, 1.54) is 5.56 Å². The number of rotatable bonds is 6. The lowest BCUT2D eigenvalue weighted by Gasteiger charge is -2.03. The van der Waals surface area contributed by atoms with Gasteiger partial charge in [0.2, 0.25) is 5.91 Å². The van der Waals surface area contributed by atoms with E-state index in [9.17, 15) is 4.79 Å². The van der Waals surface area contributed by atoms with E-state index in [2.05, 4.69) is 22.7 Å². The number of aryl methyl sites for hydroxylation is 1. The van der Waals surface area contributed by atoms with Gasteiger partial charge in [0, 0.05) is 18.6 Å². The summed E-state index contributed by atoms with van der Waals surface area (Å²) in [5.74, 6) is -0.0498. The minimum Gasteiger partial charge on any atom is -0.273 e. The van der Waals surface area contributed by atoms with E-state index in [1.54, 1.807) is 0 Å². The fourth-order valence-electron chi connectivity index (χ4n) is 2.05. The standard InChI is InChI=1S/C18H20N2O/c1-15(14-17-10-6-3-7-11-17)19-20-18(21)13-12-16-8-4-2-5-9-16/h2-11H,12-14H2,1H3,(H,20,21)/b19-15+. The first-order chi connectivity index (χ1) is 10.2. The van der Waals surface area contributed by atoms with Gasteiger partial charge in [-0.05, 0) is 24.5 Å². The predicted octanol–water partition coefficient (Wildman–Crippen LogP) is 3.35. The van der Waals surface area contributed by atoms with E-state index in [-0.39, 0.29) is 5.91 Å². The zero-order valence-corrected chi connectivity index (χ0v) is 12.3. The van der Waals surface area contributed by atoms with Gasteiger partial charge in [0.15, 0.2) is 0 Å². The highest BCUT2D eigenvalue weighted by molar-refractivity contribution is 5.86. The van der Waals surface area contributed by atoms with Gasteiger partial charge in [0.1, 0.15) is 0 Å². The molecular weight excluding hydrogens is 260 g/mol. The molecule has 0 saturated heterocycles. The first-order valence-electron chi connectivity index (χ1n) is 7.14. The highest BCUT2D eigenvalue weighted by Gasteiger charge is 2.01. The van der Waals surface area contributed by atoms with Gasteiger partial charge in [0.05, 0.1) is 0 Å². The number of nitrogens with one attached hydrogen (secondary N) is 1. The lowest BCUT2D eigenvalue weighted by molar-refractivity contribution is -0.121. The Morgan fingerprint density at radius 3 is 2.14 bits per heavy atom. The molecule has 21 heavy (non-hydrogen) atoms. The minimum absolute atomic E-state index is 0.0498. The predicted molar refractivity (Wildman–Crippen MR) is 86.2 cm³/mol. The molecule has 0 fully saturated rings. The second kappa shape index (κ2) is 8.00. The molecule has 108 valence electrons. The Bertz CT molecular complexity index is 591. The van der Waals surface area contributed by atoms with Gasteiger partial charge < -0.3 is 0 Å². The van der Waals surface area contributed by atoms with Crippen molar-refractivity contribution in [3.63, 3.8) is 0 Å². The molecule has 3 heteroatoms. The van der Waals surface area contributed by atoms with E-state index >= 15 is 0 Å². The summed E-state index contributed by atoms with van der Waals surface area (Å²) >= 11 is 0. The number of carbonyl (C=O) groups is 1. The fraction of sp³-hybridized carbons (Fsp3) is 0.222. The van der Waals surface area contributed by atoms with Crippen molar-refractivity contribution in [1.29, 1.82) is 0 Å². The lowest BCUT2D eigenvalue weighted by atomic mass is 10.1. The Hall–Kier alpha value is -2.42. The molecule has 2 aromatic rings. The number of amides is 1. The average molecular weight is 280 g/mol. The largest absolute Gasteiger partial charge is 0.273 e. The topological polar surface area (TPSA) is 41.5 Å². The molecule has 0 aromatic heterocycles. The van der Waals surface area contributed by atoms with Crippen LogP contribution in [-0.4, -0.2) is 11.6 Å². The summed E-state index contributed by atoms with van der Waals surface area (Å²) in [5, 5.41) is 4.15. The molecule has 3 nitrogen and oxygen atoms in total. The summed E-state index contributed by atoms with van der Waals surface area (Å²) in [6, 6.07) is 20.1. The fourth-order valence-corrected chi connectivity index (χ4v) is 2.05. The van der Waals surface area contributed by atoms with Crippen molar-refractivity contribution >= 4 is 11.6 Å². The lowest BCUT2D eigenvalue weighted by Crippen LogP contribution is -2.19. The van der Waals surface area contributed by atoms with Gasteiger partial charge in [-0.1, -0.05) is 60.7 Å². The Morgan fingerprint density at radius 2 is 1.52 bits per heavy atom. The van der Waals surface area contributed by atoms with Crippen molar-refractivity contribution < 1.29 is 4.79 Å². The zero-order valence-electron chi connectivity index (χ0n) is 12.3. The summed E-state index contributed by atoms with van der Waals surface area (Å²) < 4.78 is 0. The Labute approximate surface area is 125 Å². The van der Waals surface area contributed by atoms with Crippen LogP contribution in [0.15, 0.2) is 65.8 Å². The van der Waals surface area contributed by atoms with Gasteiger partial charge in [-0.25, -0.2) is 5.43 Å². The molecule has 0 unspecified atom stereocenters. The van der Waals surface area contributed by atoms with Crippen molar-refractivity contribution in [1.82, 2.24) is 5.43 Å². The molecule has 0 spiro atoms. The maximum atomic E-state index is 11.8. The van der Waals surface area contributed by atoms with Gasteiger partial charge >= 0.3 is 0 Å². The Kier molecular flexibility index (Phi) is 5.71. The molecule has 1 N–H and O–H groups in total. The number of carbonyl (C=O) groups excluding carboxylic acids is 1. The number of hydrogen-bond acceptors (Lipinski definition) is 2. The van der Waals surface area contributed by atoms with Crippen LogP contribution in [0.2, 0.25) is 0 Å². The molecule has 0 atom stereocenters. The van der Waals surface area contributed by atoms with Gasteiger partial charge in [-0.2, -0.15) is 5.10 Å². The van der Waals surface area contributed by atoms with Crippen molar-refractivity contribution in [2.24, 2.45) is 5.10 Å². The second-order valence-electron chi connectivity index (χ2n) is 5.03. The first kappa shape index (κ1) is 15.0. The summed E-state index contributed by atoms with van der Waals surface area (Å²) in [7, 11) is 0. The van der Waals surface area contributed by atoms with Crippen LogP contribution in [0.3, 0.4) is 0 Å². The summed E-state index contributed by atoms with van der Waals surface area (Å²) in [6.45, 7) is 1.92.